The van der Waals surface area contributed by atoms with Crippen LogP contribution >= 0.6 is 0 Å². The van der Waals surface area contributed by atoms with Gasteiger partial charge in [-0.05, 0) is 104 Å². The molecule has 3 fully saturated rings. The first-order chi connectivity index (χ1) is 18.5. The minimum Gasteiger partial charge on any atom is -0.494 e. The molecule has 2 aromatic carbocycles. The maximum Gasteiger partial charge on any atom is 0.120 e. The van der Waals surface area contributed by atoms with E-state index in [1.54, 1.807) is 0 Å². The molecule has 5 rings (SSSR count). The Bertz CT molecular complexity index is 1230. The van der Waals surface area contributed by atoms with Gasteiger partial charge in [0.1, 0.15) is 17.9 Å². The molecule has 3 aliphatic carbocycles. The summed E-state index contributed by atoms with van der Waals surface area (Å²) in [5, 5.41) is 30.1. The zero-order chi connectivity index (χ0) is 27.0. The van der Waals surface area contributed by atoms with Gasteiger partial charge < -0.3 is 4.74 Å². The topological polar surface area (TPSA) is 80.6 Å². The number of benzene rings is 2. The van der Waals surface area contributed by atoms with Crippen LogP contribution in [0.4, 0.5) is 0 Å². The smallest absolute Gasteiger partial charge is 0.120 e. The highest BCUT2D eigenvalue weighted by atomic mass is 16.5. The Labute approximate surface area is 229 Å². The van der Waals surface area contributed by atoms with Crippen molar-refractivity contribution in [3.05, 3.63) is 63.7 Å². The Morgan fingerprint density at radius 1 is 0.737 bits per heavy atom. The summed E-state index contributed by atoms with van der Waals surface area (Å²) in [6, 6.07) is 17.1. The van der Waals surface area contributed by atoms with Crippen LogP contribution in [0.15, 0.2) is 30.3 Å². The maximum absolute atomic E-state index is 10.2. The summed E-state index contributed by atoms with van der Waals surface area (Å²) in [6.07, 6.45) is 15.7. The molecule has 3 aliphatic rings. The number of ether oxygens (including phenoxy) is 1. The summed E-state index contributed by atoms with van der Waals surface area (Å²) < 4.78 is 5.77. The van der Waals surface area contributed by atoms with Gasteiger partial charge in [-0.2, -0.15) is 15.8 Å². The molecule has 4 heteroatoms. The summed E-state index contributed by atoms with van der Waals surface area (Å²) in [7, 11) is 0. The van der Waals surface area contributed by atoms with Crippen molar-refractivity contribution in [3.63, 3.8) is 0 Å². The highest BCUT2D eigenvalue weighted by Gasteiger charge is 2.49. The third-order valence-corrected chi connectivity index (χ3v) is 9.43. The van der Waals surface area contributed by atoms with Crippen LogP contribution in [0.3, 0.4) is 0 Å². The Balaban J connectivity index is 1.51. The van der Waals surface area contributed by atoms with E-state index in [1.165, 1.54) is 44.9 Å². The molecule has 0 unspecified atom stereocenters. The van der Waals surface area contributed by atoms with E-state index in [2.05, 4.69) is 44.2 Å². The molecular formula is C34H41N3O. The highest BCUT2D eigenvalue weighted by molar-refractivity contribution is 5.57. The number of nitriles is 3. The zero-order valence-corrected chi connectivity index (χ0v) is 23.2. The SMILES string of the molecule is CCCCCC12CCC(c3ccc(CCc4ccc(OCCCC)cc4C#N)c(C#N)c3C#N)(CC1)CC2. The van der Waals surface area contributed by atoms with E-state index >= 15 is 0 Å². The number of hydrogen-bond acceptors (Lipinski definition) is 4. The molecule has 0 heterocycles. The Morgan fingerprint density at radius 3 is 2.03 bits per heavy atom. The minimum absolute atomic E-state index is 0.0449. The van der Waals surface area contributed by atoms with E-state index in [9.17, 15) is 15.8 Å². The fourth-order valence-corrected chi connectivity index (χ4v) is 6.90. The van der Waals surface area contributed by atoms with Crippen molar-refractivity contribution in [2.45, 2.75) is 109 Å². The number of aryl methyl sites for hydroxylation is 2. The molecule has 3 saturated carbocycles. The summed E-state index contributed by atoms with van der Waals surface area (Å²) in [5.74, 6) is 0.723. The number of hydrogen-bond donors (Lipinski definition) is 0. The largest absolute Gasteiger partial charge is 0.494 e. The van der Waals surface area contributed by atoms with E-state index in [-0.39, 0.29) is 5.41 Å². The first-order valence-corrected chi connectivity index (χ1v) is 14.7. The van der Waals surface area contributed by atoms with Gasteiger partial charge >= 0.3 is 0 Å². The van der Waals surface area contributed by atoms with Crippen molar-refractivity contribution < 1.29 is 4.74 Å². The Kier molecular flexibility index (Phi) is 9.13. The second kappa shape index (κ2) is 12.5. The van der Waals surface area contributed by atoms with Gasteiger partial charge in [-0.3, -0.25) is 0 Å². The normalized spacial score (nSPS) is 21.9. The maximum atomic E-state index is 10.2. The molecule has 2 aromatic rings. The van der Waals surface area contributed by atoms with Crippen LogP contribution in [0.25, 0.3) is 0 Å². The average molecular weight is 508 g/mol. The molecule has 0 aliphatic heterocycles. The molecular weight excluding hydrogens is 466 g/mol. The van der Waals surface area contributed by atoms with Crippen LogP contribution in [0, 0.1) is 39.4 Å². The fraction of sp³-hybridized carbons (Fsp3) is 0.559. The van der Waals surface area contributed by atoms with Crippen molar-refractivity contribution in [1.29, 1.82) is 15.8 Å². The van der Waals surface area contributed by atoms with E-state index in [4.69, 9.17) is 4.74 Å². The van der Waals surface area contributed by atoms with Crippen molar-refractivity contribution in [2.24, 2.45) is 5.41 Å². The van der Waals surface area contributed by atoms with Gasteiger partial charge in [0.2, 0.25) is 0 Å². The lowest BCUT2D eigenvalue weighted by Gasteiger charge is -2.54. The van der Waals surface area contributed by atoms with Gasteiger partial charge in [-0.1, -0.05) is 57.7 Å². The second-order valence-corrected chi connectivity index (χ2v) is 11.6. The first-order valence-electron chi connectivity index (χ1n) is 14.7. The minimum atomic E-state index is 0.0449. The molecule has 0 N–H and O–H groups in total. The summed E-state index contributed by atoms with van der Waals surface area (Å²) in [5.41, 5.74) is 5.23. The molecule has 198 valence electrons. The molecule has 0 atom stereocenters. The van der Waals surface area contributed by atoms with E-state index in [1.807, 2.05) is 18.2 Å². The number of fused-ring (bicyclic) bond motifs is 3. The lowest BCUT2D eigenvalue weighted by atomic mass is 9.50. The average Bonchev–Trinajstić information content (AvgIpc) is 2.97. The molecule has 2 bridgehead atoms. The predicted molar refractivity (Wildman–Crippen MR) is 151 cm³/mol. The van der Waals surface area contributed by atoms with Crippen LogP contribution in [-0.4, -0.2) is 6.61 Å². The molecule has 0 amide bonds. The Hall–Kier alpha value is -3.29. The number of rotatable bonds is 12. The molecule has 0 saturated heterocycles. The first kappa shape index (κ1) is 27.7. The fourth-order valence-electron chi connectivity index (χ4n) is 6.90. The van der Waals surface area contributed by atoms with E-state index in [0.717, 1.165) is 54.5 Å². The molecule has 4 nitrogen and oxygen atoms in total. The van der Waals surface area contributed by atoms with Gasteiger partial charge in [0.15, 0.2) is 0 Å². The lowest BCUT2D eigenvalue weighted by Crippen LogP contribution is -2.44. The lowest BCUT2D eigenvalue weighted by molar-refractivity contribution is 0.0304. The predicted octanol–water partition coefficient (Wildman–Crippen LogP) is 8.44. The van der Waals surface area contributed by atoms with Crippen molar-refractivity contribution in [2.75, 3.05) is 6.61 Å². The van der Waals surface area contributed by atoms with Gasteiger partial charge in [-0.25, -0.2) is 0 Å². The molecule has 0 spiro atoms. The second-order valence-electron chi connectivity index (χ2n) is 11.6. The molecule has 38 heavy (non-hydrogen) atoms. The third-order valence-electron chi connectivity index (χ3n) is 9.43. The number of nitrogens with zero attached hydrogens (tertiary/aromatic N) is 3. The third kappa shape index (κ3) is 5.74. The van der Waals surface area contributed by atoms with Crippen LogP contribution in [0.2, 0.25) is 0 Å². The molecule has 0 aromatic heterocycles. The monoisotopic (exact) mass is 507 g/mol. The van der Waals surface area contributed by atoms with Gasteiger partial charge in [0.05, 0.1) is 29.4 Å². The van der Waals surface area contributed by atoms with E-state index in [0.29, 0.717) is 41.6 Å². The van der Waals surface area contributed by atoms with Crippen molar-refractivity contribution in [1.82, 2.24) is 0 Å². The van der Waals surface area contributed by atoms with Crippen LogP contribution in [0.5, 0.6) is 5.75 Å². The van der Waals surface area contributed by atoms with Crippen LogP contribution in [-0.2, 0) is 18.3 Å². The Morgan fingerprint density at radius 2 is 1.39 bits per heavy atom. The quantitative estimate of drug-likeness (QED) is 0.270. The van der Waals surface area contributed by atoms with Crippen molar-refractivity contribution in [3.8, 4) is 24.0 Å². The van der Waals surface area contributed by atoms with Gasteiger partial charge in [-0.15, -0.1) is 0 Å². The zero-order valence-electron chi connectivity index (χ0n) is 23.2. The molecule has 0 radical (unpaired) electrons. The van der Waals surface area contributed by atoms with E-state index < -0.39 is 0 Å². The van der Waals surface area contributed by atoms with Crippen molar-refractivity contribution >= 4 is 0 Å². The standard InChI is InChI=1S/C34H41N3O/c1-3-5-7-14-33-15-18-34(19-16-33,20-17-33)32-13-11-27(30(24-36)31(32)25-37)9-8-26-10-12-29(22-28(26)23-35)38-21-6-4-2/h10-13,22H,3-9,14-21H2,1-2H3. The van der Waals surface area contributed by atoms with Gasteiger partial charge in [0.25, 0.3) is 0 Å². The van der Waals surface area contributed by atoms with Crippen LogP contribution < -0.4 is 4.74 Å². The summed E-state index contributed by atoms with van der Waals surface area (Å²) in [6.45, 7) is 5.04. The van der Waals surface area contributed by atoms with Crippen LogP contribution in [0.1, 0.15) is 124 Å². The summed E-state index contributed by atoms with van der Waals surface area (Å²) >= 11 is 0. The highest BCUT2D eigenvalue weighted by Crippen LogP contribution is 2.60. The summed E-state index contributed by atoms with van der Waals surface area (Å²) in [4.78, 5) is 0. The number of unbranched alkanes of at least 4 members (excludes halogenated alkanes) is 3. The van der Waals surface area contributed by atoms with Gasteiger partial charge in [0, 0.05) is 0 Å².